The minimum atomic E-state index is -0.0245. The molecule has 4 nitrogen and oxygen atoms in total. The highest BCUT2D eigenvalue weighted by atomic mass is 32.1. The van der Waals surface area contributed by atoms with Crippen LogP contribution in [0.3, 0.4) is 0 Å². The molecule has 0 amide bonds. The van der Waals surface area contributed by atoms with Gasteiger partial charge in [-0.1, -0.05) is 6.58 Å². The van der Waals surface area contributed by atoms with Gasteiger partial charge in [0.05, 0.1) is 4.88 Å². The molecule has 0 aliphatic carbocycles. The highest BCUT2D eigenvalue weighted by molar-refractivity contribution is 7.20. The topological polar surface area (TPSA) is 36.4 Å². The van der Waals surface area contributed by atoms with Crippen LogP contribution < -0.4 is 4.90 Å². The fourth-order valence-corrected chi connectivity index (χ4v) is 4.22. The number of hydrogen-bond acceptors (Lipinski definition) is 5. The molecule has 4 rings (SSSR count). The van der Waals surface area contributed by atoms with Crippen LogP contribution >= 0.6 is 11.3 Å². The van der Waals surface area contributed by atoms with Crippen molar-refractivity contribution in [2.45, 2.75) is 18.9 Å². The number of allylic oxidation sites excluding steroid dienone is 1. The van der Waals surface area contributed by atoms with E-state index in [1.807, 2.05) is 6.07 Å². The number of pyridine rings is 1. The molecule has 0 N–H and O–H groups in total. The van der Waals surface area contributed by atoms with Crippen LogP contribution in [0, 0.1) is 0 Å². The molecule has 1 atom stereocenters. The molecule has 2 aliphatic heterocycles. The van der Waals surface area contributed by atoms with Crippen LogP contribution in [0.15, 0.2) is 30.9 Å². The normalized spacial score (nSPS) is 22.0. The van der Waals surface area contributed by atoms with Gasteiger partial charge in [-0.2, -0.15) is 0 Å². The molecule has 2 fully saturated rings. The number of nitrogens with zero attached hydrogens (tertiary/aromatic N) is 3. The van der Waals surface area contributed by atoms with Crippen LogP contribution in [0.2, 0.25) is 0 Å². The van der Waals surface area contributed by atoms with Gasteiger partial charge in [-0.15, -0.1) is 11.3 Å². The van der Waals surface area contributed by atoms with Gasteiger partial charge in [0.2, 0.25) is 0 Å². The highest BCUT2D eigenvalue weighted by Crippen LogP contribution is 2.29. The van der Waals surface area contributed by atoms with Crippen LogP contribution in [-0.2, 0) is 0 Å². The lowest BCUT2D eigenvalue weighted by atomic mass is 10.1. The number of carbonyl (C=O) groups is 1. The van der Waals surface area contributed by atoms with Gasteiger partial charge in [-0.25, -0.2) is 4.98 Å². The summed E-state index contributed by atoms with van der Waals surface area (Å²) in [5.74, 6) is 1.01. The number of fused-ring (bicyclic) bond motifs is 1. The number of hydrogen-bond donors (Lipinski definition) is 0. The maximum atomic E-state index is 11.7. The monoisotopic (exact) mass is 313 g/mol. The minimum Gasteiger partial charge on any atom is -0.355 e. The van der Waals surface area contributed by atoms with Gasteiger partial charge in [0.15, 0.2) is 5.78 Å². The van der Waals surface area contributed by atoms with Crippen molar-refractivity contribution in [3.8, 4) is 0 Å². The Morgan fingerprint density at radius 1 is 1.36 bits per heavy atom. The summed E-state index contributed by atoms with van der Waals surface area (Å²) in [6.45, 7) is 8.20. The fraction of sp³-hybridized carbons (Fsp3) is 0.412. The van der Waals surface area contributed by atoms with Crippen LogP contribution in [-0.4, -0.2) is 47.9 Å². The van der Waals surface area contributed by atoms with Crippen molar-refractivity contribution in [3.05, 3.63) is 35.7 Å². The van der Waals surface area contributed by atoms with Gasteiger partial charge in [-0.3, -0.25) is 9.69 Å². The Balaban J connectivity index is 1.57. The largest absolute Gasteiger partial charge is 0.355 e. The van der Waals surface area contributed by atoms with E-state index >= 15 is 0 Å². The molecule has 5 heteroatoms. The second kappa shape index (κ2) is 5.48. The summed E-state index contributed by atoms with van der Waals surface area (Å²) in [6.07, 6.45) is 3.93. The summed E-state index contributed by atoms with van der Waals surface area (Å²) in [4.78, 5) is 23.1. The van der Waals surface area contributed by atoms with Gasteiger partial charge in [0.25, 0.3) is 0 Å². The molecule has 0 radical (unpaired) electrons. The smallest absolute Gasteiger partial charge is 0.195 e. The zero-order valence-corrected chi connectivity index (χ0v) is 13.3. The Labute approximate surface area is 134 Å². The third-order valence-corrected chi connectivity index (χ3v) is 5.75. The predicted octanol–water partition coefficient (Wildman–Crippen LogP) is 2.95. The lowest BCUT2D eigenvalue weighted by Crippen LogP contribution is -2.46. The van der Waals surface area contributed by atoms with E-state index < -0.39 is 0 Å². The zero-order valence-electron chi connectivity index (χ0n) is 12.5. The van der Waals surface area contributed by atoms with Crippen molar-refractivity contribution >= 4 is 33.2 Å². The van der Waals surface area contributed by atoms with Gasteiger partial charge < -0.3 is 4.90 Å². The Morgan fingerprint density at radius 3 is 2.95 bits per heavy atom. The molecule has 2 aliphatic rings. The molecule has 2 saturated heterocycles. The number of aromatic nitrogens is 1. The first-order valence-corrected chi connectivity index (χ1v) is 8.62. The zero-order chi connectivity index (χ0) is 15.1. The van der Waals surface area contributed by atoms with E-state index in [0.717, 1.165) is 34.0 Å². The Kier molecular flexibility index (Phi) is 3.47. The summed E-state index contributed by atoms with van der Waals surface area (Å²) in [5.41, 5.74) is 0. The lowest BCUT2D eigenvalue weighted by molar-refractivity contribution is 0.105. The summed E-state index contributed by atoms with van der Waals surface area (Å²) in [7, 11) is 0. The van der Waals surface area contributed by atoms with E-state index in [1.165, 1.54) is 43.3 Å². The third-order valence-electron chi connectivity index (χ3n) is 4.69. The molecule has 0 bridgehead atoms. The van der Waals surface area contributed by atoms with Crippen molar-refractivity contribution < 1.29 is 4.79 Å². The molecule has 0 saturated carbocycles. The summed E-state index contributed by atoms with van der Waals surface area (Å²) in [5, 5.41) is 1.04. The lowest BCUT2D eigenvalue weighted by Gasteiger charge is -2.36. The first kappa shape index (κ1) is 13.9. The maximum absolute atomic E-state index is 11.7. The number of rotatable bonds is 4. The van der Waals surface area contributed by atoms with E-state index in [-0.39, 0.29) is 5.78 Å². The van der Waals surface area contributed by atoms with Crippen LogP contribution in [0.25, 0.3) is 10.2 Å². The number of likely N-dealkylation sites (tertiary alicyclic amines) is 1. The van der Waals surface area contributed by atoms with Crippen molar-refractivity contribution in [2.24, 2.45) is 0 Å². The average Bonchev–Trinajstić information content (AvgIpc) is 3.10. The molecule has 2 aromatic rings. The first-order valence-electron chi connectivity index (χ1n) is 7.81. The molecular weight excluding hydrogens is 294 g/mol. The van der Waals surface area contributed by atoms with Crippen molar-refractivity contribution in [1.29, 1.82) is 0 Å². The first-order chi connectivity index (χ1) is 10.7. The van der Waals surface area contributed by atoms with Crippen molar-refractivity contribution in [1.82, 2.24) is 9.88 Å². The molecule has 0 spiro atoms. The Bertz CT molecular complexity index is 735. The molecule has 2 aromatic heterocycles. The van der Waals surface area contributed by atoms with Gasteiger partial charge in [0, 0.05) is 24.5 Å². The molecule has 114 valence electrons. The number of ketones is 1. The van der Waals surface area contributed by atoms with E-state index in [9.17, 15) is 4.79 Å². The van der Waals surface area contributed by atoms with E-state index in [4.69, 9.17) is 4.98 Å². The third kappa shape index (κ3) is 2.34. The molecule has 22 heavy (non-hydrogen) atoms. The van der Waals surface area contributed by atoms with Gasteiger partial charge >= 0.3 is 0 Å². The summed E-state index contributed by atoms with van der Waals surface area (Å²) >= 11 is 1.46. The SMILES string of the molecule is C=CC(=O)c1cc2ccc(N3CCC(N4CCC4)C3)nc2s1. The summed E-state index contributed by atoms with van der Waals surface area (Å²) in [6, 6.07) is 6.75. The molecule has 1 unspecified atom stereocenters. The quantitative estimate of drug-likeness (QED) is 0.642. The standard InChI is InChI=1S/C17H19N3OS/c1-2-14(21)15-10-12-4-5-16(18-17(12)22-15)20-9-6-13(11-20)19-7-3-8-19/h2,4-5,10,13H,1,3,6-9,11H2. The minimum absolute atomic E-state index is 0.0245. The van der Waals surface area contributed by atoms with Gasteiger partial charge in [0.1, 0.15) is 10.6 Å². The van der Waals surface area contributed by atoms with E-state index in [0.29, 0.717) is 6.04 Å². The van der Waals surface area contributed by atoms with E-state index in [1.54, 1.807) is 0 Å². The second-order valence-corrected chi connectivity index (χ2v) is 7.05. The molecule has 4 heterocycles. The van der Waals surface area contributed by atoms with Crippen LogP contribution in [0.4, 0.5) is 5.82 Å². The maximum Gasteiger partial charge on any atom is 0.195 e. The Hall–Kier alpha value is -1.72. The number of carbonyl (C=O) groups excluding carboxylic acids is 1. The fourth-order valence-electron chi connectivity index (χ4n) is 3.26. The predicted molar refractivity (Wildman–Crippen MR) is 91.0 cm³/mol. The summed E-state index contributed by atoms with van der Waals surface area (Å²) < 4.78 is 0. The van der Waals surface area contributed by atoms with Crippen LogP contribution in [0.1, 0.15) is 22.5 Å². The highest BCUT2D eigenvalue weighted by Gasteiger charge is 2.31. The molecule has 0 aromatic carbocycles. The average molecular weight is 313 g/mol. The van der Waals surface area contributed by atoms with Crippen molar-refractivity contribution in [2.75, 3.05) is 31.1 Å². The van der Waals surface area contributed by atoms with Crippen LogP contribution in [0.5, 0.6) is 0 Å². The Morgan fingerprint density at radius 2 is 2.23 bits per heavy atom. The number of anilines is 1. The van der Waals surface area contributed by atoms with Crippen molar-refractivity contribution in [3.63, 3.8) is 0 Å². The number of thiophene rings is 1. The molecular formula is C17H19N3OS. The second-order valence-electron chi connectivity index (χ2n) is 6.02. The van der Waals surface area contributed by atoms with E-state index in [2.05, 4.69) is 28.5 Å². The van der Waals surface area contributed by atoms with Gasteiger partial charge in [-0.05, 0) is 50.2 Å².